The van der Waals surface area contributed by atoms with Gasteiger partial charge in [0, 0.05) is 25.4 Å². The van der Waals surface area contributed by atoms with Gasteiger partial charge in [-0.1, -0.05) is 31.9 Å². The largest absolute Gasteiger partial charge is 0.492 e. The van der Waals surface area contributed by atoms with Crippen LogP contribution in [0.25, 0.3) is 0 Å². The Labute approximate surface area is 143 Å². The SMILES string of the molecule is CCCCOCCCNC(=O)Nc1ccc(OCCC)c(Cl)c1. The van der Waals surface area contributed by atoms with E-state index in [4.69, 9.17) is 21.1 Å². The third kappa shape index (κ3) is 8.67. The van der Waals surface area contributed by atoms with Gasteiger partial charge in [0.1, 0.15) is 5.75 Å². The zero-order chi connectivity index (χ0) is 16.9. The number of benzene rings is 1. The molecule has 6 heteroatoms. The van der Waals surface area contributed by atoms with Crippen LogP contribution in [-0.4, -0.2) is 32.4 Å². The molecule has 0 saturated heterocycles. The summed E-state index contributed by atoms with van der Waals surface area (Å²) in [6, 6.07) is 4.95. The van der Waals surface area contributed by atoms with Crippen molar-refractivity contribution >= 4 is 23.3 Å². The summed E-state index contributed by atoms with van der Waals surface area (Å²) < 4.78 is 10.9. The molecular weight excluding hydrogens is 316 g/mol. The van der Waals surface area contributed by atoms with E-state index >= 15 is 0 Å². The average molecular weight is 343 g/mol. The van der Waals surface area contributed by atoms with Crippen LogP contribution < -0.4 is 15.4 Å². The van der Waals surface area contributed by atoms with E-state index < -0.39 is 0 Å². The van der Waals surface area contributed by atoms with Crippen molar-refractivity contribution in [2.75, 3.05) is 31.7 Å². The molecule has 1 rings (SSSR count). The average Bonchev–Trinajstić information content (AvgIpc) is 2.53. The molecule has 0 unspecified atom stereocenters. The molecule has 2 N–H and O–H groups in total. The fourth-order valence-corrected chi connectivity index (χ4v) is 2.04. The van der Waals surface area contributed by atoms with E-state index in [1.165, 1.54) is 0 Å². The number of urea groups is 1. The molecule has 0 heterocycles. The molecule has 1 aromatic carbocycles. The lowest BCUT2D eigenvalue weighted by atomic mass is 10.3. The molecule has 5 nitrogen and oxygen atoms in total. The van der Waals surface area contributed by atoms with Crippen molar-refractivity contribution in [1.29, 1.82) is 0 Å². The van der Waals surface area contributed by atoms with Crippen LogP contribution in [0, 0.1) is 0 Å². The van der Waals surface area contributed by atoms with Gasteiger partial charge in [-0.05, 0) is 37.5 Å². The Morgan fingerprint density at radius 3 is 2.61 bits per heavy atom. The number of nitrogens with one attached hydrogen (secondary N) is 2. The van der Waals surface area contributed by atoms with Gasteiger partial charge in [-0.3, -0.25) is 0 Å². The fourth-order valence-electron chi connectivity index (χ4n) is 1.81. The number of rotatable bonds is 11. The first-order valence-corrected chi connectivity index (χ1v) is 8.60. The van der Waals surface area contributed by atoms with Crippen LogP contribution in [0.2, 0.25) is 5.02 Å². The van der Waals surface area contributed by atoms with E-state index in [-0.39, 0.29) is 6.03 Å². The third-order valence-electron chi connectivity index (χ3n) is 3.04. The zero-order valence-electron chi connectivity index (χ0n) is 14.0. The minimum Gasteiger partial charge on any atom is -0.492 e. The second-order valence-corrected chi connectivity index (χ2v) is 5.60. The highest BCUT2D eigenvalue weighted by molar-refractivity contribution is 6.32. The van der Waals surface area contributed by atoms with E-state index in [0.717, 1.165) is 32.3 Å². The number of hydrogen-bond acceptors (Lipinski definition) is 3. The smallest absolute Gasteiger partial charge is 0.319 e. The second-order valence-electron chi connectivity index (χ2n) is 5.19. The molecule has 0 saturated carbocycles. The van der Waals surface area contributed by atoms with Gasteiger partial charge in [0.05, 0.1) is 11.6 Å². The first-order valence-electron chi connectivity index (χ1n) is 8.22. The van der Waals surface area contributed by atoms with Gasteiger partial charge in [0.2, 0.25) is 0 Å². The van der Waals surface area contributed by atoms with Gasteiger partial charge in [-0.15, -0.1) is 0 Å². The molecule has 0 spiro atoms. The lowest BCUT2D eigenvalue weighted by Gasteiger charge is -2.10. The summed E-state index contributed by atoms with van der Waals surface area (Å²) in [6.45, 7) is 6.80. The van der Waals surface area contributed by atoms with Crippen molar-refractivity contribution in [2.45, 2.75) is 39.5 Å². The van der Waals surface area contributed by atoms with Crippen molar-refractivity contribution in [1.82, 2.24) is 5.32 Å². The minimum absolute atomic E-state index is 0.253. The van der Waals surface area contributed by atoms with Crippen LogP contribution in [0.5, 0.6) is 5.75 Å². The zero-order valence-corrected chi connectivity index (χ0v) is 14.7. The molecule has 0 aliphatic heterocycles. The summed E-state index contributed by atoms with van der Waals surface area (Å²) in [6.07, 6.45) is 3.92. The maximum Gasteiger partial charge on any atom is 0.319 e. The standard InChI is InChI=1S/C17H27ClN2O3/c1-3-5-11-22-12-6-9-19-17(21)20-14-7-8-16(15(18)13-14)23-10-4-2/h7-8,13H,3-6,9-12H2,1-2H3,(H2,19,20,21). The Balaban J connectivity index is 2.24. The van der Waals surface area contributed by atoms with E-state index in [1.54, 1.807) is 18.2 Å². The predicted octanol–water partition coefficient (Wildman–Crippen LogP) is 4.46. The van der Waals surface area contributed by atoms with Gasteiger partial charge in [0.15, 0.2) is 0 Å². The van der Waals surface area contributed by atoms with Crippen molar-refractivity contribution in [2.24, 2.45) is 0 Å². The van der Waals surface area contributed by atoms with E-state index in [0.29, 0.717) is 36.2 Å². The molecule has 0 fully saturated rings. The van der Waals surface area contributed by atoms with Crippen LogP contribution in [0.3, 0.4) is 0 Å². The number of halogens is 1. The predicted molar refractivity (Wildman–Crippen MR) is 94.6 cm³/mol. The molecule has 1 aromatic rings. The molecule has 0 radical (unpaired) electrons. The normalized spacial score (nSPS) is 10.4. The van der Waals surface area contributed by atoms with Crippen molar-refractivity contribution in [3.63, 3.8) is 0 Å². The van der Waals surface area contributed by atoms with Crippen molar-refractivity contribution < 1.29 is 14.3 Å². The first-order chi connectivity index (χ1) is 11.2. The van der Waals surface area contributed by atoms with Gasteiger partial charge in [-0.25, -0.2) is 4.79 Å². The van der Waals surface area contributed by atoms with E-state index in [9.17, 15) is 4.79 Å². The Morgan fingerprint density at radius 1 is 1.13 bits per heavy atom. The van der Waals surface area contributed by atoms with Crippen LogP contribution in [0.15, 0.2) is 18.2 Å². The van der Waals surface area contributed by atoms with Crippen LogP contribution >= 0.6 is 11.6 Å². The summed E-state index contributed by atoms with van der Waals surface area (Å²) in [5.41, 5.74) is 0.635. The lowest BCUT2D eigenvalue weighted by Crippen LogP contribution is -2.30. The van der Waals surface area contributed by atoms with Gasteiger partial charge >= 0.3 is 6.03 Å². The van der Waals surface area contributed by atoms with Crippen molar-refractivity contribution in [3.05, 3.63) is 23.2 Å². The van der Waals surface area contributed by atoms with Crippen molar-refractivity contribution in [3.8, 4) is 5.75 Å². The highest BCUT2D eigenvalue weighted by atomic mass is 35.5. The Hall–Kier alpha value is -1.46. The maximum atomic E-state index is 11.8. The Morgan fingerprint density at radius 2 is 1.91 bits per heavy atom. The number of ether oxygens (including phenoxy) is 2. The summed E-state index contributed by atoms with van der Waals surface area (Å²) in [5.74, 6) is 0.628. The van der Waals surface area contributed by atoms with E-state index in [2.05, 4.69) is 17.6 Å². The Bertz CT molecular complexity index is 469. The van der Waals surface area contributed by atoms with Crippen LogP contribution in [-0.2, 0) is 4.74 Å². The van der Waals surface area contributed by atoms with Gasteiger partial charge < -0.3 is 20.1 Å². The fraction of sp³-hybridized carbons (Fsp3) is 0.588. The number of unbranched alkanes of at least 4 members (excludes halogenated alkanes) is 1. The quantitative estimate of drug-likeness (QED) is 0.584. The van der Waals surface area contributed by atoms with Gasteiger partial charge in [-0.2, -0.15) is 0 Å². The second kappa shape index (κ2) is 12.0. The number of anilines is 1. The summed E-state index contributed by atoms with van der Waals surface area (Å²) >= 11 is 6.12. The molecule has 23 heavy (non-hydrogen) atoms. The highest BCUT2D eigenvalue weighted by Gasteiger charge is 2.05. The number of hydrogen-bond donors (Lipinski definition) is 2. The minimum atomic E-state index is -0.253. The van der Waals surface area contributed by atoms with Crippen LogP contribution in [0.1, 0.15) is 39.5 Å². The van der Waals surface area contributed by atoms with Gasteiger partial charge in [0.25, 0.3) is 0 Å². The monoisotopic (exact) mass is 342 g/mol. The number of amides is 2. The molecule has 0 aliphatic carbocycles. The third-order valence-corrected chi connectivity index (χ3v) is 3.34. The number of carbonyl (C=O) groups is 1. The maximum absolute atomic E-state index is 11.8. The molecule has 0 aromatic heterocycles. The first kappa shape index (κ1) is 19.6. The lowest BCUT2D eigenvalue weighted by molar-refractivity contribution is 0.129. The topological polar surface area (TPSA) is 59.6 Å². The molecular formula is C17H27ClN2O3. The molecule has 130 valence electrons. The van der Waals surface area contributed by atoms with E-state index in [1.807, 2.05) is 6.92 Å². The summed E-state index contributed by atoms with van der Waals surface area (Å²) in [4.78, 5) is 11.8. The number of carbonyl (C=O) groups excluding carboxylic acids is 1. The Kier molecular flexibility index (Phi) is 10.2. The molecule has 0 atom stereocenters. The molecule has 0 aliphatic rings. The summed E-state index contributed by atoms with van der Waals surface area (Å²) in [5, 5.41) is 6.02. The summed E-state index contributed by atoms with van der Waals surface area (Å²) in [7, 11) is 0. The molecule has 0 bridgehead atoms. The highest BCUT2D eigenvalue weighted by Crippen LogP contribution is 2.27. The van der Waals surface area contributed by atoms with Crippen LogP contribution in [0.4, 0.5) is 10.5 Å². The molecule has 2 amide bonds.